The van der Waals surface area contributed by atoms with Crippen LogP contribution in [0.1, 0.15) is 19.4 Å². The van der Waals surface area contributed by atoms with Gasteiger partial charge in [-0.3, -0.25) is 18.9 Å². The van der Waals surface area contributed by atoms with Crippen LogP contribution in [-0.2, 0) is 26.1 Å². The third-order valence-corrected chi connectivity index (χ3v) is 7.09. The molecule has 200 valence electrons. The summed E-state index contributed by atoms with van der Waals surface area (Å²) in [6.07, 6.45) is 2.86. The van der Waals surface area contributed by atoms with Crippen molar-refractivity contribution in [2.75, 3.05) is 14.2 Å². The number of aromatic nitrogens is 2. The summed E-state index contributed by atoms with van der Waals surface area (Å²) in [6, 6.07) is 9.57. The Hall–Kier alpha value is -4.32. The molecule has 0 radical (unpaired) electrons. The van der Waals surface area contributed by atoms with Gasteiger partial charge >= 0.3 is 0 Å². The molecule has 0 fully saturated rings. The van der Waals surface area contributed by atoms with E-state index in [1.807, 2.05) is 0 Å². The highest BCUT2D eigenvalue weighted by Gasteiger charge is 2.19. The van der Waals surface area contributed by atoms with Gasteiger partial charge in [-0.15, -0.1) is 0 Å². The van der Waals surface area contributed by atoms with Crippen molar-refractivity contribution in [3.05, 3.63) is 88.2 Å². The lowest BCUT2D eigenvalue weighted by atomic mass is 10.0. The second-order valence-corrected chi connectivity index (χ2v) is 10.1. The van der Waals surface area contributed by atoms with Crippen molar-refractivity contribution in [3.63, 3.8) is 0 Å². The lowest BCUT2D eigenvalue weighted by Crippen LogP contribution is -2.32. The van der Waals surface area contributed by atoms with Gasteiger partial charge in [0.25, 0.3) is 15.6 Å². The minimum absolute atomic E-state index is 0.0487. The Labute approximate surface area is 219 Å². The van der Waals surface area contributed by atoms with Gasteiger partial charge in [0.15, 0.2) is 0 Å². The summed E-state index contributed by atoms with van der Waals surface area (Å²) >= 11 is 0. The van der Waals surface area contributed by atoms with Gasteiger partial charge in [-0.25, -0.2) is 22.8 Å². The number of nitrogens with zero attached hydrogens (tertiary/aromatic N) is 3. The molecule has 10 nitrogen and oxygen atoms in total. The molecule has 12 heteroatoms. The number of hydrogen-bond donors (Lipinski definition) is 2. The fraction of sp³-hybridized carbons (Fsp3) is 0.231. The van der Waals surface area contributed by atoms with Crippen LogP contribution in [-0.4, -0.2) is 44.8 Å². The summed E-state index contributed by atoms with van der Waals surface area (Å²) in [5, 5.41) is 2.88. The number of halogens is 1. The van der Waals surface area contributed by atoms with Crippen molar-refractivity contribution in [2.45, 2.75) is 25.3 Å². The molecule has 1 atom stereocenters. The van der Waals surface area contributed by atoms with Crippen LogP contribution in [0.3, 0.4) is 0 Å². The Kier molecular flexibility index (Phi) is 8.79. The van der Waals surface area contributed by atoms with Gasteiger partial charge in [0, 0.05) is 13.6 Å². The van der Waals surface area contributed by atoms with Crippen LogP contribution in [0.5, 0.6) is 0 Å². The lowest BCUT2D eigenvalue weighted by Gasteiger charge is -2.14. The highest BCUT2D eigenvalue weighted by molar-refractivity contribution is 7.89. The number of ether oxygens (including phenoxy) is 1. The maximum Gasteiger partial charge on any atom is 0.262 e. The first-order valence-corrected chi connectivity index (χ1v) is 12.9. The molecule has 38 heavy (non-hydrogen) atoms. The number of benzene rings is 2. The monoisotopic (exact) mass is 541 g/mol. The predicted molar refractivity (Wildman–Crippen MR) is 143 cm³/mol. The van der Waals surface area contributed by atoms with Gasteiger partial charge in [-0.1, -0.05) is 19.1 Å². The fourth-order valence-electron chi connectivity index (χ4n) is 3.69. The number of rotatable bonds is 10. The average Bonchev–Trinajstić information content (AvgIpc) is 2.90. The number of carbonyl (C=O) groups excluding carboxylic acids is 1. The van der Waals surface area contributed by atoms with E-state index in [0.29, 0.717) is 22.0 Å². The van der Waals surface area contributed by atoms with E-state index < -0.39 is 21.8 Å². The number of amides is 1. The highest BCUT2D eigenvalue weighted by atomic mass is 32.2. The van der Waals surface area contributed by atoms with E-state index in [4.69, 9.17) is 4.74 Å². The van der Waals surface area contributed by atoms with Crippen LogP contribution in [0, 0.1) is 11.7 Å². The summed E-state index contributed by atoms with van der Waals surface area (Å²) in [4.78, 5) is 32.8. The maximum absolute atomic E-state index is 13.7. The first kappa shape index (κ1) is 28.3. The molecule has 1 amide bonds. The van der Waals surface area contributed by atoms with Crippen molar-refractivity contribution in [2.24, 2.45) is 10.9 Å². The zero-order valence-corrected chi connectivity index (χ0v) is 22.2. The number of hydrogen-bond acceptors (Lipinski definition) is 7. The second kappa shape index (κ2) is 11.8. The van der Waals surface area contributed by atoms with Gasteiger partial charge in [-0.05, 0) is 61.2 Å². The molecule has 2 aromatic carbocycles. The SMILES string of the molecule is C=N/C(OC)=C(\C=C(/C)c1ccc2ncn(CC(C)C(=O)NC)c(=O)c2c1)NS(=O)(=O)c1cccc(F)c1. The molecular weight excluding hydrogens is 513 g/mol. The maximum atomic E-state index is 13.7. The summed E-state index contributed by atoms with van der Waals surface area (Å²) in [7, 11) is -1.37. The van der Waals surface area contributed by atoms with Crippen molar-refractivity contribution >= 4 is 39.1 Å². The number of methoxy groups -OCH3 is 1. The van der Waals surface area contributed by atoms with E-state index in [-0.39, 0.29) is 34.5 Å². The van der Waals surface area contributed by atoms with E-state index in [0.717, 1.165) is 12.1 Å². The third kappa shape index (κ3) is 6.32. The molecule has 1 aromatic heterocycles. The summed E-state index contributed by atoms with van der Waals surface area (Å²) < 4.78 is 48.4. The third-order valence-electron chi connectivity index (χ3n) is 5.72. The van der Waals surface area contributed by atoms with Gasteiger partial charge in [0.1, 0.15) is 11.5 Å². The molecule has 0 aliphatic carbocycles. The predicted octanol–water partition coefficient (Wildman–Crippen LogP) is 2.82. The smallest absolute Gasteiger partial charge is 0.262 e. The summed E-state index contributed by atoms with van der Waals surface area (Å²) in [5.74, 6) is -1.47. The van der Waals surface area contributed by atoms with Crippen molar-refractivity contribution in [1.29, 1.82) is 0 Å². The van der Waals surface area contributed by atoms with Gasteiger partial charge < -0.3 is 10.1 Å². The van der Waals surface area contributed by atoms with Gasteiger partial charge in [-0.2, -0.15) is 0 Å². The number of nitrogens with one attached hydrogen (secondary N) is 2. The molecule has 1 unspecified atom stereocenters. The minimum Gasteiger partial charge on any atom is -0.480 e. The molecule has 3 aromatic rings. The first-order chi connectivity index (χ1) is 18.0. The van der Waals surface area contributed by atoms with Crippen molar-refractivity contribution in [3.8, 4) is 0 Å². The molecule has 1 heterocycles. The van der Waals surface area contributed by atoms with Crippen LogP contribution >= 0.6 is 0 Å². The van der Waals surface area contributed by atoms with E-state index in [1.54, 1.807) is 32.0 Å². The first-order valence-electron chi connectivity index (χ1n) is 11.4. The fourth-order valence-corrected chi connectivity index (χ4v) is 4.77. The highest BCUT2D eigenvalue weighted by Crippen LogP contribution is 2.22. The molecule has 0 saturated heterocycles. The van der Waals surface area contributed by atoms with E-state index in [1.165, 1.54) is 43.3 Å². The van der Waals surface area contributed by atoms with Crippen LogP contribution in [0.15, 0.2) is 81.1 Å². The van der Waals surface area contributed by atoms with E-state index in [2.05, 4.69) is 26.7 Å². The number of aliphatic imine (C=N–C) groups is 1. The summed E-state index contributed by atoms with van der Waals surface area (Å²) in [6.45, 7) is 6.98. The van der Waals surface area contributed by atoms with Crippen molar-refractivity contribution < 1.29 is 22.3 Å². The molecular formula is C26H28FN5O5S. The number of carbonyl (C=O) groups is 1. The quantitative estimate of drug-likeness (QED) is 0.231. The largest absolute Gasteiger partial charge is 0.480 e. The molecule has 2 N–H and O–H groups in total. The Morgan fingerprint density at radius 3 is 2.66 bits per heavy atom. The standard InChI is InChI=1S/C26H28FN5O5S/c1-16(11-23(25(29-4)37-5)31-38(35,36)20-8-6-7-19(27)13-20)18-9-10-22-21(12-18)26(34)32(15-30-22)14-17(2)24(33)28-3/h6-13,15,17,31H,4,14H2,1-3,5H3,(H,28,33)/b16-11+,25-23-. The van der Waals surface area contributed by atoms with E-state index in [9.17, 15) is 22.4 Å². The molecule has 0 spiro atoms. The lowest BCUT2D eigenvalue weighted by molar-refractivity contribution is -0.124. The van der Waals surface area contributed by atoms with Crippen LogP contribution < -0.4 is 15.6 Å². The molecule has 3 rings (SSSR count). The molecule has 0 saturated carbocycles. The average molecular weight is 542 g/mol. The Bertz CT molecular complexity index is 1610. The van der Waals surface area contributed by atoms with Crippen LogP contribution in [0.4, 0.5) is 4.39 Å². The number of allylic oxidation sites excluding steroid dienone is 2. The van der Waals surface area contributed by atoms with Gasteiger partial charge in [0.05, 0.1) is 35.2 Å². The molecule has 0 aliphatic rings. The Morgan fingerprint density at radius 1 is 1.29 bits per heavy atom. The normalized spacial score (nSPS) is 13.4. The molecule has 0 aliphatic heterocycles. The van der Waals surface area contributed by atoms with Gasteiger partial charge in [0.2, 0.25) is 11.8 Å². The minimum atomic E-state index is -4.20. The van der Waals surface area contributed by atoms with Crippen molar-refractivity contribution in [1.82, 2.24) is 19.6 Å². The Balaban J connectivity index is 2.04. The number of sulfonamides is 1. The number of fused-ring (bicyclic) bond motifs is 1. The second-order valence-electron chi connectivity index (χ2n) is 8.42. The Morgan fingerprint density at radius 2 is 2.03 bits per heavy atom. The topological polar surface area (TPSA) is 132 Å². The zero-order chi connectivity index (χ0) is 28.0. The summed E-state index contributed by atoms with van der Waals surface area (Å²) in [5.41, 5.74) is 1.23. The zero-order valence-electron chi connectivity index (χ0n) is 21.4. The molecule has 0 bridgehead atoms. The van der Waals surface area contributed by atoms with Crippen LogP contribution in [0.2, 0.25) is 0 Å². The van der Waals surface area contributed by atoms with Crippen LogP contribution in [0.25, 0.3) is 16.5 Å². The van der Waals surface area contributed by atoms with E-state index >= 15 is 0 Å².